The third-order valence-electron chi connectivity index (χ3n) is 4.59. The second-order valence-electron chi connectivity index (χ2n) is 6.48. The molecule has 0 spiro atoms. The standard InChI is InChI=1S/C14H20BNO3S/c1-8-10-9(6-7-16-12(10)17)20-11(8)15-18-13(2,3)14(4,5)19-15/h6-7H2,1-5H3,(H,16,17). The lowest BCUT2D eigenvalue weighted by molar-refractivity contribution is 0.00578. The number of rotatable bonds is 1. The van der Waals surface area contributed by atoms with E-state index in [0.29, 0.717) is 6.54 Å². The van der Waals surface area contributed by atoms with Gasteiger partial charge in [0, 0.05) is 16.2 Å². The number of nitrogens with one attached hydrogen (secondary N) is 1. The molecule has 6 heteroatoms. The molecule has 2 aliphatic heterocycles. The summed E-state index contributed by atoms with van der Waals surface area (Å²) in [7, 11) is -0.372. The Balaban J connectivity index is 1.99. The fourth-order valence-electron chi connectivity index (χ4n) is 2.62. The van der Waals surface area contributed by atoms with E-state index in [1.807, 2.05) is 34.6 Å². The molecule has 108 valence electrons. The van der Waals surface area contributed by atoms with Crippen LogP contribution in [0, 0.1) is 6.92 Å². The van der Waals surface area contributed by atoms with Crippen LogP contribution in [-0.4, -0.2) is 30.8 Å². The monoisotopic (exact) mass is 293 g/mol. The molecule has 1 fully saturated rings. The zero-order valence-corrected chi connectivity index (χ0v) is 13.4. The summed E-state index contributed by atoms with van der Waals surface area (Å²) in [5.74, 6) is 0.0303. The molecule has 0 atom stereocenters. The van der Waals surface area contributed by atoms with Gasteiger partial charge in [-0.25, -0.2) is 0 Å². The van der Waals surface area contributed by atoms with Crippen LogP contribution in [0.1, 0.15) is 48.5 Å². The van der Waals surface area contributed by atoms with E-state index in [0.717, 1.165) is 27.2 Å². The number of carbonyl (C=O) groups excluding carboxylic acids is 1. The van der Waals surface area contributed by atoms with Crippen LogP contribution >= 0.6 is 11.3 Å². The van der Waals surface area contributed by atoms with Gasteiger partial charge in [0.1, 0.15) is 0 Å². The SMILES string of the molecule is Cc1c(B2OC(C)(C)C(C)(C)O2)sc2c1C(=O)NCC2. The van der Waals surface area contributed by atoms with Gasteiger partial charge in [0.2, 0.25) is 0 Å². The zero-order chi connectivity index (χ0) is 14.7. The molecule has 3 rings (SSSR count). The summed E-state index contributed by atoms with van der Waals surface area (Å²) in [6.45, 7) is 10.9. The first-order valence-electron chi connectivity index (χ1n) is 6.99. The van der Waals surface area contributed by atoms with Gasteiger partial charge in [0.15, 0.2) is 0 Å². The lowest BCUT2D eigenvalue weighted by Gasteiger charge is -2.32. The van der Waals surface area contributed by atoms with Crippen molar-refractivity contribution in [3.63, 3.8) is 0 Å². The Morgan fingerprint density at radius 3 is 2.35 bits per heavy atom. The number of thiophene rings is 1. The normalized spacial score (nSPS) is 23.6. The van der Waals surface area contributed by atoms with Crippen LogP contribution < -0.4 is 10.1 Å². The maximum absolute atomic E-state index is 12.0. The highest BCUT2D eigenvalue weighted by Gasteiger charge is 2.53. The molecule has 0 saturated carbocycles. The predicted octanol–water partition coefficient (Wildman–Crippen LogP) is 1.64. The Morgan fingerprint density at radius 1 is 1.20 bits per heavy atom. The fourth-order valence-corrected chi connectivity index (χ4v) is 3.88. The van der Waals surface area contributed by atoms with Crippen molar-refractivity contribution in [1.29, 1.82) is 0 Å². The molecule has 4 nitrogen and oxygen atoms in total. The highest BCUT2D eigenvalue weighted by molar-refractivity contribution is 7.23. The molecular weight excluding hydrogens is 273 g/mol. The quantitative estimate of drug-likeness (QED) is 0.801. The molecule has 0 unspecified atom stereocenters. The molecule has 1 saturated heterocycles. The lowest BCUT2D eigenvalue weighted by atomic mass is 9.83. The van der Waals surface area contributed by atoms with Crippen molar-refractivity contribution in [2.24, 2.45) is 0 Å². The van der Waals surface area contributed by atoms with Gasteiger partial charge in [-0.1, -0.05) is 0 Å². The summed E-state index contributed by atoms with van der Waals surface area (Å²) in [5.41, 5.74) is 1.12. The van der Waals surface area contributed by atoms with Gasteiger partial charge in [-0.3, -0.25) is 4.79 Å². The van der Waals surface area contributed by atoms with Crippen LogP contribution in [0.4, 0.5) is 0 Å². The molecular formula is C14H20BNO3S. The minimum Gasteiger partial charge on any atom is -0.399 e. The van der Waals surface area contributed by atoms with Crippen LogP contribution in [0.5, 0.6) is 0 Å². The van der Waals surface area contributed by atoms with Crippen LogP contribution in [0.2, 0.25) is 0 Å². The van der Waals surface area contributed by atoms with Crippen LogP contribution in [0.15, 0.2) is 0 Å². The maximum atomic E-state index is 12.0. The topological polar surface area (TPSA) is 47.6 Å². The number of carbonyl (C=O) groups is 1. The minimum absolute atomic E-state index is 0.0303. The lowest BCUT2D eigenvalue weighted by Crippen LogP contribution is -2.41. The van der Waals surface area contributed by atoms with Crippen molar-refractivity contribution in [3.05, 3.63) is 16.0 Å². The van der Waals surface area contributed by atoms with E-state index in [4.69, 9.17) is 9.31 Å². The molecule has 0 aromatic carbocycles. The van der Waals surface area contributed by atoms with Crippen molar-refractivity contribution in [2.45, 2.75) is 52.2 Å². The van der Waals surface area contributed by atoms with E-state index < -0.39 is 0 Å². The van der Waals surface area contributed by atoms with Gasteiger partial charge in [0.25, 0.3) is 5.91 Å². The average molecular weight is 293 g/mol. The molecule has 1 N–H and O–H groups in total. The first-order chi connectivity index (χ1) is 9.23. The van der Waals surface area contributed by atoms with Gasteiger partial charge in [-0.05, 0) is 46.6 Å². The molecule has 1 aromatic rings. The number of fused-ring (bicyclic) bond motifs is 1. The van der Waals surface area contributed by atoms with Crippen LogP contribution in [0.25, 0.3) is 0 Å². The third kappa shape index (κ3) is 1.93. The zero-order valence-electron chi connectivity index (χ0n) is 12.6. The van der Waals surface area contributed by atoms with Gasteiger partial charge in [0.05, 0.1) is 16.8 Å². The Hall–Kier alpha value is -0.845. The van der Waals surface area contributed by atoms with Crippen molar-refractivity contribution in [1.82, 2.24) is 5.32 Å². The van der Waals surface area contributed by atoms with Crippen LogP contribution in [-0.2, 0) is 15.7 Å². The third-order valence-corrected chi connectivity index (χ3v) is 5.96. The van der Waals surface area contributed by atoms with E-state index >= 15 is 0 Å². The molecule has 3 heterocycles. The highest BCUT2D eigenvalue weighted by atomic mass is 32.1. The molecule has 0 bridgehead atoms. The molecule has 1 aromatic heterocycles. The summed E-state index contributed by atoms with van der Waals surface area (Å²) in [6.07, 6.45) is 0.895. The van der Waals surface area contributed by atoms with E-state index in [2.05, 4.69) is 5.32 Å². The van der Waals surface area contributed by atoms with Gasteiger partial charge in [-0.15, -0.1) is 11.3 Å². The molecule has 0 aliphatic carbocycles. The van der Waals surface area contributed by atoms with Gasteiger partial charge < -0.3 is 14.6 Å². The Bertz CT molecular complexity index is 563. The largest absolute Gasteiger partial charge is 0.505 e. The smallest absolute Gasteiger partial charge is 0.399 e. The number of hydrogen-bond acceptors (Lipinski definition) is 4. The van der Waals surface area contributed by atoms with E-state index in [-0.39, 0.29) is 24.2 Å². The fraction of sp³-hybridized carbons (Fsp3) is 0.643. The van der Waals surface area contributed by atoms with Gasteiger partial charge in [-0.2, -0.15) is 0 Å². The second-order valence-corrected chi connectivity index (χ2v) is 7.62. The van der Waals surface area contributed by atoms with E-state index in [1.54, 1.807) is 11.3 Å². The van der Waals surface area contributed by atoms with E-state index in [9.17, 15) is 4.79 Å². The summed E-state index contributed by atoms with van der Waals surface area (Å²) in [6, 6.07) is 0. The molecule has 2 aliphatic rings. The molecule has 1 amide bonds. The van der Waals surface area contributed by atoms with Crippen LogP contribution in [0.3, 0.4) is 0 Å². The Morgan fingerprint density at radius 2 is 1.80 bits per heavy atom. The highest BCUT2D eigenvalue weighted by Crippen LogP contribution is 2.38. The molecule has 0 radical (unpaired) electrons. The van der Waals surface area contributed by atoms with Crippen molar-refractivity contribution < 1.29 is 14.1 Å². The summed E-state index contributed by atoms with van der Waals surface area (Å²) in [4.78, 5) is 13.2. The van der Waals surface area contributed by atoms with E-state index in [1.165, 1.54) is 0 Å². The van der Waals surface area contributed by atoms with Crippen molar-refractivity contribution >= 4 is 29.1 Å². The summed E-state index contributed by atoms with van der Waals surface area (Å²) < 4.78 is 13.2. The first-order valence-corrected chi connectivity index (χ1v) is 7.80. The predicted molar refractivity (Wildman–Crippen MR) is 80.8 cm³/mol. The maximum Gasteiger partial charge on any atom is 0.505 e. The Kier molecular flexibility index (Phi) is 3.05. The van der Waals surface area contributed by atoms with Crippen molar-refractivity contribution in [3.8, 4) is 0 Å². The number of hydrogen-bond donors (Lipinski definition) is 1. The average Bonchev–Trinajstić information content (AvgIpc) is 2.76. The first kappa shape index (κ1) is 14.1. The molecule has 20 heavy (non-hydrogen) atoms. The Labute approximate surface area is 124 Å². The summed E-state index contributed by atoms with van der Waals surface area (Å²) in [5, 5.41) is 2.90. The summed E-state index contributed by atoms with van der Waals surface area (Å²) >= 11 is 1.65. The van der Waals surface area contributed by atoms with Crippen molar-refractivity contribution in [2.75, 3.05) is 6.54 Å². The number of amides is 1. The van der Waals surface area contributed by atoms with Gasteiger partial charge >= 0.3 is 7.12 Å². The second kappa shape index (κ2) is 4.32. The minimum atomic E-state index is -0.372.